The van der Waals surface area contributed by atoms with Crippen LogP contribution < -0.4 is 5.73 Å². The number of amides is 2. The minimum absolute atomic E-state index is 0.0384. The summed E-state index contributed by atoms with van der Waals surface area (Å²) in [6, 6.07) is -0.605. The molecule has 2 amide bonds. The summed E-state index contributed by atoms with van der Waals surface area (Å²) >= 11 is 0. The Morgan fingerprint density at radius 2 is 1.94 bits per heavy atom. The molecule has 0 radical (unpaired) electrons. The highest BCUT2D eigenvalue weighted by molar-refractivity contribution is 5.87. The number of hydrogen-bond donors (Lipinski definition) is 1. The number of nitrogens with two attached hydrogens (primary N) is 1. The van der Waals surface area contributed by atoms with Gasteiger partial charge in [-0.2, -0.15) is 0 Å². The van der Waals surface area contributed by atoms with Crippen molar-refractivity contribution in [2.24, 2.45) is 5.73 Å². The molecule has 0 rings (SSSR count). The van der Waals surface area contributed by atoms with Gasteiger partial charge in [0.15, 0.2) is 0 Å². The first-order chi connectivity index (χ1) is 7.40. The number of ether oxygens (including phenoxy) is 1. The summed E-state index contributed by atoms with van der Waals surface area (Å²) in [7, 11) is 4.84. The zero-order chi connectivity index (χ0) is 12.7. The van der Waals surface area contributed by atoms with Gasteiger partial charge in [0, 0.05) is 27.7 Å². The lowest BCUT2D eigenvalue weighted by molar-refractivity contribution is -0.140. The molecule has 94 valence electrons. The third-order valence-electron chi connectivity index (χ3n) is 2.09. The van der Waals surface area contributed by atoms with Crippen molar-refractivity contribution in [1.82, 2.24) is 9.80 Å². The second-order valence-electron chi connectivity index (χ2n) is 3.83. The number of nitrogens with zero attached hydrogens (tertiary/aromatic N) is 2. The fourth-order valence-corrected chi connectivity index (χ4v) is 1.06. The van der Waals surface area contributed by atoms with E-state index in [0.717, 1.165) is 0 Å². The number of carbonyl (C=O) groups is 2. The van der Waals surface area contributed by atoms with E-state index in [1.807, 2.05) is 0 Å². The van der Waals surface area contributed by atoms with Gasteiger partial charge >= 0.3 is 0 Å². The van der Waals surface area contributed by atoms with E-state index in [2.05, 4.69) is 0 Å². The van der Waals surface area contributed by atoms with Gasteiger partial charge in [-0.25, -0.2) is 0 Å². The predicted octanol–water partition coefficient (Wildman–Crippen LogP) is -1.10. The first-order valence-electron chi connectivity index (χ1n) is 5.13. The first-order valence-corrected chi connectivity index (χ1v) is 5.13. The summed E-state index contributed by atoms with van der Waals surface area (Å²) in [6.07, 6.45) is 0. The SMILES string of the molecule is COCCN(CC(=O)N(C)C)C(=O)[C@H](C)N. The quantitative estimate of drug-likeness (QED) is 0.629. The molecule has 0 bridgehead atoms. The Labute approximate surface area is 96.3 Å². The summed E-state index contributed by atoms with van der Waals surface area (Å²) in [6.45, 7) is 2.40. The highest BCUT2D eigenvalue weighted by Crippen LogP contribution is 1.95. The van der Waals surface area contributed by atoms with Crippen molar-refractivity contribution in [2.45, 2.75) is 13.0 Å². The molecule has 0 aromatic rings. The van der Waals surface area contributed by atoms with Gasteiger partial charge in [0.25, 0.3) is 0 Å². The van der Waals surface area contributed by atoms with Gasteiger partial charge in [-0.05, 0) is 6.92 Å². The van der Waals surface area contributed by atoms with Crippen molar-refractivity contribution in [2.75, 3.05) is 40.9 Å². The molecule has 0 aromatic carbocycles. The minimum Gasteiger partial charge on any atom is -0.383 e. The summed E-state index contributed by atoms with van der Waals surface area (Å²) in [5, 5.41) is 0. The van der Waals surface area contributed by atoms with Crippen molar-refractivity contribution in [3.05, 3.63) is 0 Å². The number of likely N-dealkylation sites (N-methyl/N-ethyl adjacent to an activating group) is 1. The Kier molecular flexibility index (Phi) is 6.67. The molecule has 1 atom stereocenters. The number of carbonyl (C=O) groups excluding carboxylic acids is 2. The molecule has 0 heterocycles. The lowest BCUT2D eigenvalue weighted by atomic mass is 10.3. The van der Waals surface area contributed by atoms with Crippen LogP contribution in [-0.2, 0) is 14.3 Å². The van der Waals surface area contributed by atoms with Crippen LogP contribution in [0, 0.1) is 0 Å². The predicted molar refractivity (Wildman–Crippen MR) is 60.8 cm³/mol. The summed E-state index contributed by atoms with van der Waals surface area (Å²) < 4.78 is 4.88. The van der Waals surface area contributed by atoms with Crippen molar-refractivity contribution in [1.29, 1.82) is 0 Å². The first kappa shape index (κ1) is 14.9. The van der Waals surface area contributed by atoms with Crippen molar-refractivity contribution in [3.63, 3.8) is 0 Å². The highest BCUT2D eigenvalue weighted by atomic mass is 16.5. The Morgan fingerprint density at radius 3 is 2.31 bits per heavy atom. The smallest absolute Gasteiger partial charge is 0.241 e. The van der Waals surface area contributed by atoms with E-state index in [1.165, 1.54) is 9.80 Å². The fourth-order valence-electron chi connectivity index (χ4n) is 1.06. The molecule has 0 aliphatic heterocycles. The topological polar surface area (TPSA) is 75.9 Å². The van der Waals surface area contributed by atoms with Crippen LogP contribution >= 0.6 is 0 Å². The Balaban J connectivity index is 4.42. The van der Waals surface area contributed by atoms with E-state index in [1.54, 1.807) is 28.1 Å². The average molecular weight is 231 g/mol. The molecule has 0 aliphatic carbocycles. The molecule has 6 nitrogen and oxygen atoms in total. The van der Waals surface area contributed by atoms with Crippen LogP contribution in [0.1, 0.15) is 6.92 Å². The highest BCUT2D eigenvalue weighted by Gasteiger charge is 2.20. The molecule has 0 aliphatic rings. The number of rotatable bonds is 6. The second kappa shape index (κ2) is 7.19. The zero-order valence-corrected chi connectivity index (χ0v) is 10.4. The number of hydrogen-bond acceptors (Lipinski definition) is 4. The third-order valence-corrected chi connectivity index (χ3v) is 2.09. The summed E-state index contributed by atoms with van der Waals surface area (Å²) in [5.41, 5.74) is 5.50. The normalized spacial score (nSPS) is 12.1. The molecule has 0 aromatic heterocycles. The molecule has 16 heavy (non-hydrogen) atoms. The Morgan fingerprint density at radius 1 is 1.38 bits per heavy atom. The molecule has 0 saturated carbocycles. The molecule has 2 N–H and O–H groups in total. The van der Waals surface area contributed by atoms with Gasteiger partial charge < -0.3 is 20.3 Å². The van der Waals surface area contributed by atoms with E-state index in [-0.39, 0.29) is 18.4 Å². The van der Waals surface area contributed by atoms with E-state index in [0.29, 0.717) is 13.2 Å². The fraction of sp³-hybridized carbons (Fsp3) is 0.800. The van der Waals surface area contributed by atoms with Crippen LogP contribution in [-0.4, -0.2) is 68.6 Å². The van der Waals surface area contributed by atoms with E-state index < -0.39 is 6.04 Å². The maximum absolute atomic E-state index is 11.7. The van der Waals surface area contributed by atoms with Gasteiger partial charge in [-0.1, -0.05) is 0 Å². The molecule has 0 unspecified atom stereocenters. The van der Waals surface area contributed by atoms with E-state index in [9.17, 15) is 9.59 Å². The van der Waals surface area contributed by atoms with Gasteiger partial charge in [-0.15, -0.1) is 0 Å². The van der Waals surface area contributed by atoms with Gasteiger partial charge in [0.2, 0.25) is 11.8 Å². The molecule has 0 fully saturated rings. The Bertz CT molecular complexity index is 241. The average Bonchev–Trinajstić information content (AvgIpc) is 2.22. The molecular formula is C10H21N3O3. The lowest BCUT2D eigenvalue weighted by Crippen LogP contribution is -2.47. The van der Waals surface area contributed by atoms with Crippen LogP contribution in [0.4, 0.5) is 0 Å². The standard InChI is InChI=1S/C10H21N3O3/c1-8(11)10(15)13(5-6-16-4)7-9(14)12(2)3/h8H,5-7,11H2,1-4H3/t8-/m0/s1. The van der Waals surface area contributed by atoms with E-state index >= 15 is 0 Å². The van der Waals surface area contributed by atoms with Gasteiger partial charge in [-0.3, -0.25) is 9.59 Å². The van der Waals surface area contributed by atoms with Crippen LogP contribution in [0.5, 0.6) is 0 Å². The van der Waals surface area contributed by atoms with Crippen molar-refractivity contribution in [3.8, 4) is 0 Å². The zero-order valence-electron chi connectivity index (χ0n) is 10.4. The Hall–Kier alpha value is -1.14. The van der Waals surface area contributed by atoms with Crippen LogP contribution in [0.15, 0.2) is 0 Å². The van der Waals surface area contributed by atoms with Gasteiger partial charge in [0.1, 0.15) is 0 Å². The molecule has 0 spiro atoms. The maximum atomic E-state index is 11.7. The summed E-state index contributed by atoms with van der Waals surface area (Å²) in [4.78, 5) is 26.0. The summed E-state index contributed by atoms with van der Waals surface area (Å²) in [5.74, 6) is -0.377. The van der Waals surface area contributed by atoms with Crippen molar-refractivity contribution >= 4 is 11.8 Å². The van der Waals surface area contributed by atoms with Gasteiger partial charge in [0.05, 0.1) is 19.2 Å². The van der Waals surface area contributed by atoms with Crippen LogP contribution in [0.3, 0.4) is 0 Å². The lowest BCUT2D eigenvalue weighted by Gasteiger charge is -2.24. The molecular weight excluding hydrogens is 210 g/mol. The maximum Gasteiger partial charge on any atom is 0.241 e. The van der Waals surface area contributed by atoms with Crippen LogP contribution in [0.2, 0.25) is 0 Å². The number of methoxy groups -OCH3 is 1. The largest absolute Gasteiger partial charge is 0.383 e. The van der Waals surface area contributed by atoms with Crippen molar-refractivity contribution < 1.29 is 14.3 Å². The minimum atomic E-state index is -0.605. The molecule has 6 heteroatoms. The monoisotopic (exact) mass is 231 g/mol. The van der Waals surface area contributed by atoms with E-state index in [4.69, 9.17) is 10.5 Å². The molecule has 0 saturated heterocycles. The van der Waals surface area contributed by atoms with Crippen LogP contribution in [0.25, 0.3) is 0 Å². The third kappa shape index (κ3) is 5.09. The second-order valence-corrected chi connectivity index (χ2v) is 3.83.